The van der Waals surface area contributed by atoms with E-state index in [0.29, 0.717) is 6.42 Å². The fourth-order valence-corrected chi connectivity index (χ4v) is 3.77. The van der Waals surface area contributed by atoms with E-state index in [4.69, 9.17) is 5.11 Å². The molecule has 4 nitrogen and oxygen atoms in total. The van der Waals surface area contributed by atoms with Gasteiger partial charge in [0.2, 0.25) is 0 Å². The highest BCUT2D eigenvalue weighted by Crippen LogP contribution is 2.22. The van der Waals surface area contributed by atoms with E-state index < -0.39 is 5.97 Å². The maximum atomic E-state index is 10.5. The monoisotopic (exact) mass is 360 g/mol. The number of anilines is 1. The minimum atomic E-state index is -0.786. The van der Waals surface area contributed by atoms with E-state index >= 15 is 0 Å². The van der Waals surface area contributed by atoms with Crippen LogP contribution in [0.1, 0.15) is 17.0 Å². The highest BCUT2D eigenvalue weighted by molar-refractivity contribution is 9.11. The minimum absolute atomic E-state index is 0.131. The summed E-state index contributed by atoms with van der Waals surface area (Å²) in [7, 11) is 0. The fraction of sp³-hybridized carbons (Fsp3) is 0.333. The second-order valence-corrected chi connectivity index (χ2v) is 7.33. The number of thiazole rings is 1. The van der Waals surface area contributed by atoms with Crippen LogP contribution in [0.15, 0.2) is 21.3 Å². The largest absolute Gasteiger partial charge is 0.481 e. The molecule has 2 heterocycles. The number of rotatable bonds is 7. The van der Waals surface area contributed by atoms with Crippen molar-refractivity contribution in [3.05, 3.63) is 31.9 Å². The summed E-state index contributed by atoms with van der Waals surface area (Å²) in [5.74, 6) is -0.786. The highest BCUT2D eigenvalue weighted by Gasteiger charge is 2.04. The molecule has 0 bridgehead atoms. The van der Waals surface area contributed by atoms with E-state index in [2.05, 4.69) is 32.3 Å². The van der Waals surface area contributed by atoms with Crippen LogP contribution in [0.2, 0.25) is 0 Å². The van der Waals surface area contributed by atoms with Crippen LogP contribution in [-0.4, -0.2) is 22.6 Å². The Bertz CT molecular complexity index is 553. The Labute approximate surface area is 127 Å². The molecule has 0 amide bonds. The standard InChI is InChI=1S/C12H13BrN2O2S2/c13-10-3-2-9(19-10)5-6-14-12-15-8(7-18-12)1-4-11(16)17/h2-3,7H,1,4-6H2,(H,14,15)(H,16,17). The molecule has 0 spiro atoms. The Morgan fingerprint density at radius 2 is 2.26 bits per heavy atom. The molecular weight excluding hydrogens is 348 g/mol. The average Bonchev–Trinajstić information content (AvgIpc) is 2.96. The van der Waals surface area contributed by atoms with E-state index in [9.17, 15) is 4.79 Å². The molecule has 0 aliphatic carbocycles. The number of carboxylic acids is 1. The molecule has 0 atom stereocenters. The average molecular weight is 361 g/mol. The quantitative estimate of drug-likeness (QED) is 0.791. The van der Waals surface area contributed by atoms with E-state index in [1.165, 1.54) is 16.2 Å². The third-order valence-corrected chi connectivity index (χ3v) is 4.96. The first-order chi connectivity index (χ1) is 9.13. The summed E-state index contributed by atoms with van der Waals surface area (Å²) < 4.78 is 1.15. The Morgan fingerprint density at radius 1 is 1.42 bits per heavy atom. The van der Waals surface area contributed by atoms with Crippen LogP contribution < -0.4 is 5.32 Å². The smallest absolute Gasteiger partial charge is 0.303 e. The van der Waals surface area contributed by atoms with Crippen molar-refractivity contribution in [2.75, 3.05) is 11.9 Å². The molecule has 0 saturated heterocycles. The van der Waals surface area contributed by atoms with Gasteiger partial charge in [-0.1, -0.05) is 0 Å². The zero-order valence-corrected chi connectivity index (χ0v) is 13.3. The third-order valence-electron chi connectivity index (χ3n) is 2.42. The van der Waals surface area contributed by atoms with E-state index in [1.807, 2.05) is 11.4 Å². The van der Waals surface area contributed by atoms with Gasteiger partial charge in [-0.2, -0.15) is 0 Å². The van der Waals surface area contributed by atoms with Crippen molar-refractivity contribution in [1.82, 2.24) is 4.98 Å². The van der Waals surface area contributed by atoms with Gasteiger partial charge >= 0.3 is 5.97 Å². The van der Waals surface area contributed by atoms with Crippen LogP contribution in [0.3, 0.4) is 0 Å². The number of nitrogens with one attached hydrogen (secondary N) is 1. The molecular formula is C12H13BrN2O2S2. The number of thiophene rings is 1. The number of nitrogens with zero attached hydrogens (tertiary/aromatic N) is 1. The number of carbonyl (C=O) groups is 1. The summed E-state index contributed by atoms with van der Waals surface area (Å²) in [4.78, 5) is 16.1. The van der Waals surface area contributed by atoms with E-state index in [0.717, 1.165) is 27.6 Å². The predicted octanol–water partition coefficient (Wildman–Crippen LogP) is 3.64. The second kappa shape index (κ2) is 7.02. The molecule has 0 aliphatic rings. The third kappa shape index (κ3) is 4.93. The van der Waals surface area contributed by atoms with Crippen molar-refractivity contribution >= 4 is 49.7 Å². The number of carboxylic acid groups (broad SMARTS) is 1. The molecule has 102 valence electrons. The minimum Gasteiger partial charge on any atom is -0.481 e. The highest BCUT2D eigenvalue weighted by atomic mass is 79.9. The lowest BCUT2D eigenvalue weighted by Crippen LogP contribution is -2.04. The first-order valence-electron chi connectivity index (χ1n) is 5.78. The zero-order chi connectivity index (χ0) is 13.7. The first-order valence-corrected chi connectivity index (χ1v) is 8.26. The number of aliphatic carboxylic acids is 1. The summed E-state index contributed by atoms with van der Waals surface area (Å²) in [6, 6.07) is 4.16. The molecule has 2 aromatic heterocycles. The van der Waals surface area contributed by atoms with E-state index in [1.54, 1.807) is 11.3 Å². The fourth-order valence-electron chi connectivity index (χ4n) is 1.52. The number of aryl methyl sites for hydroxylation is 1. The molecule has 0 unspecified atom stereocenters. The van der Waals surface area contributed by atoms with Gasteiger partial charge in [0, 0.05) is 23.2 Å². The Kier molecular flexibility index (Phi) is 5.35. The summed E-state index contributed by atoms with van der Waals surface area (Å²) in [6.45, 7) is 0.832. The zero-order valence-electron chi connectivity index (χ0n) is 10.1. The molecule has 0 aromatic carbocycles. The number of hydrogen-bond donors (Lipinski definition) is 2. The number of aromatic nitrogens is 1. The lowest BCUT2D eigenvalue weighted by molar-refractivity contribution is -0.136. The normalized spacial score (nSPS) is 10.6. The van der Waals surface area contributed by atoms with Crippen molar-refractivity contribution < 1.29 is 9.90 Å². The van der Waals surface area contributed by atoms with Crippen LogP contribution in [0.4, 0.5) is 5.13 Å². The van der Waals surface area contributed by atoms with Gasteiger partial charge in [-0.15, -0.1) is 22.7 Å². The second-order valence-electron chi connectivity index (χ2n) is 3.92. The summed E-state index contributed by atoms with van der Waals surface area (Å²) in [5, 5.41) is 14.6. The molecule has 2 aromatic rings. The van der Waals surface area contributed by atoms with Gasteiger partial charge in [-0.3, -0.25) is 4.79 Å². The van der Waals surface area contributed by atoms with Crippen molar-refractivity contribution in [3.63, 3.8) is 0 Å². The molecule has 19 heavy (non-hydrogen) atoms. The lowest BCUT2D eigenvalue weighted by atomic mass is 10.2. The Hall–Kier alpha value is -0.920. The van der Waals surface area contributed by atoms with Crippen LogP contribution in [-0.2, 0) is 17.6 Å². The Balaban J connectivity index is 1.75. The molecule has 0 aliphatic heterocycles. The van der Waals surface area contributed by atoms with Crippen LogP contribution in [0, 0.1) is 0 Å². The molecule has 2 rings (SSSR count). The molecule has 0 radical (unpaired) electrons. The van der Waals surface area contributed by atoms with Crippen LogP contribution in [0.5, 0.6) is 0 Å². The topological polar surface area (TPSA) is 62.2 Å². The maximum Gasteiger partial charge on any atom is 0.303 e. The van der Waals surface area contributed by atoms with Crippen LogP contribution >= 0.6 is 38.6 Å². The Morgan fingerprint density at radius 3 is 2.95 bits per heavy atom. The summed E-state index contributed by atoms with van der Waals surface area (Å²) >= 11 is 6.70. The molecule has 2 N–H and O–H groups in total. The van der Waals surface area contributed by atoms with Crippen molar-refractivity contribution in [1.29, 1.82) is 0 Å². The lowest BCUT2D eigenvalue weighted by Gasteiger charge is -2.00. The molecule has 0 fully saturated rings. The van der Waals surface area contributed by atoms with Crippen molar-refractivity contribution in [2.45, 2.75) is 19.3 Å². The molecule has 0 saturated carbocycles. The van der Waals surface area contributed by atoms with Gasteiger partial charge in [0.15, 0.2) is 5.13 Å². The van der Waals surface area contributed by atoms with E-state index in [-0.39, 0.29) is 6.42 Å². The van der Waals surface area contributed by atoms with Crippen molar-refractivity contribution in [2.24, 2.45) is 0 Å². The van der Waals surface area contributed by atoms with Crippen molar-refractivity contribution in [3.8, 4) is 0 Å². The maximum absolute atomic E-state index is 10.5. The summed E-state index contributed by atoms with van der Waals surface area (Å²) in [6.07, 6.45) is 1.58. The first kappa shape index (κ1) is 14.5. The number of hydrogen-bond acceptors (Lipinski definition) is 5. The van der Waals surface area contributed by atoms with Crippen LogP contribution in [0.25, 0.3) is 0 Å². The van der Waals surface area contributed by atoms with Gasteiger partial charge in [0.1, 0.15) is 0 Å². The summed E-state index contributed by atoms with van der Waals surface area (Å²) in [5.41, 5.74) is 0.841. The van der Waals surface area contributed by atoms with Gasteiger partial charge in [-0.25, -0.2) is 4.98 Å². The predicted molar refractivity (Wildman–Crippen MR) is 82.3 cm³/mol. The SMILES string of the molecule is O=C(O)CCc1csc(NCCc2ccc(Br)s2)n1. The van der Waals surface area contributed by atoms with Gasteiger partial charge in [0.25, 0.3) is 0 Å². The van der Waals surface area contributed by atoms with Gasteiger partial charge < -0.3 is 10.4 Å². The van der Waals surface area contributed by atoms with Gasteiger partial charge in [-0.05, 0) is 34.5 Å². The van der Waals surface area contributed by atoms with Gasteiger partial charge in [0.05, 0.1) is 15.9 Å². The molecule has 7 heteroatoms. The number of halogens is 1.